The number of H-pyrrole nitrogens is 1. The molecule has 2 aromatic carbocycles. The Kier molecular flexibility index (Phi) is 4.52. The Hall–Kier alpha value is -2.88. The minimum absolute atomic E-state index is 0.289. The number of ether oxygens (including phenoxy) is 1. The summed E-state index contributed by atoms with van der Waals surface area (Å²) in [6, 6.07) is 19.8. The number of carbonyl (C=O) groups is 1. The summed E-state index contributed by atoms with van der Waals surface area (Å²) in [6.45, 7) is 0. The van der Waals surface area contributed by atoms with E-state index >= 15 is 0 Å². The number of hydrogen-bond donors (Lipinski definition) is 1. The van der Waals surface area contributed by atoms with Gasteiger partial charge < -0.3 is 9.72 Å². The number of benzene rings is 2. The second-order valence-corrected chi connectivity index (χ2v) is 5.31. The van der Waals surface area contributed by atoms with Gasteiger partial charge in [-0.1, -0.05) is 60.7 Å². The highest BCUT2D eigenvalue weighted by molar-refractivity contribution is 5.77. The Bertz CT molecular complexity index is 766. The summed E-state index contributed by atoms with van der Waals surface area (Å²) >= 11 is 0. The summed E-state index contributed by atoms with van der Waals surface area (Å²) in [6.07, 6.45) is 2.31. The van der Waals surface area contributed by atoms with Crippen molar-refractivity contribution >= 4 is 5.97 Å². The van der Waals surface area contributed by atoms with Crippen molar-refractivity contribution in [2.45, 2.75) is 12.3 Å². The highest BCUT2D eigenvalue weighted by Crippen LogP contribution is 2.23. The fourth-order valence-corrected chi connectivity index (χ4v) is 2.56. The van der Waals surface area contributed by atoms with E-state index in [-0.39, 0.29) is 5.97 Å². The number of imidazole rings is 1. The maximum Gasteiger partial charge on any atom is 0.316 e. The lowest BCUT2D eigenvalue weighted by atomic mass is 9.99. The van der Waals surface area contributed by atoms with Crippen LogP contribution in [0.2, 0.25) is 0 Å². The average molecular weight is 306 g/mol. The molecule has 4 nitrogen and oxygen atoms in total. The van der Waals surface area contributed by atoms with E-state index in [0.29, 0.717) is 12.2 Å². The van der Waals surface area contributed by atoms with Gasteiger partial charge in [0.05, 0.1) is 19.0 Å². The van der Waals surface area contributed by atoms with Gasteiger partial charge in [-0.05, 0) is 17.5 Å². The summed E-state index contributed by atoms with van der Waals surface area (Å²) in [4.78, 5) is 19.8. The molecule has 0 saturated heterocycles. The maximum absolute atomic E-state index is 12.2. The van der Waals surface area contributed by atoms with Crippen molar-refractivity contribution in [2.24, 2.45) is 0 Å². The molecule has 1 aromatic heterocycles. The second kappa shape index (κ2) is 6.92. The van der Waals surface area contributed by atoms with Crippen LogP contribution in [-0.2, 0) is 16.0 Å². The van der Waals surface area contributed by atoms with Crippen molar-refractivity contribution in [3.63, 3.8) is 0 Å². The van der Waals surface area contributed by atoms with Crippen LogP contribution in [0, 0.1) is 0 Å². The van der Waals surface area contributed by atoms with Crippen LogP contribution in [0.15, 0.2) is 66.9 Å². The van der Waals surface area contributed by atoms with Crippen molar-refractivity contribution in [2.75, 3.05) is 7.11 Å². The van der Waals surface area contributed by atoms with Crippen molar-refractivity contribution in [3.05, 3.63) is 78.2 Å². The lowest BCUT2D eigenvalue weighted by Gasteiger charge is -2.12. The van der Waals surface area contributed by atoms with Gasteiger partial charge >= 0.3 is 5.97 Å². The minimum Gasteiger partial charge on any atom is -0.468 e. The summed E-state index contributed by atoms with van der Waals surface area (Å²) in [7, 11) is 1.40. The molecule has 0 aliphatic heterocycles. The summed E-state index contributed by atoms with van der Waals surface area (Å²) in [5.74, 6) is -0.109. The molecule has 1 heterocycles. The monoisotopic (exact) mass is 306 g/mol. The van der Waals surface area contributed by atoms with Crippen LogP contribution >= 0.6 is 0 Å². The van der Waals surface area contributed by atoms with E-state index in [1.165, 1.54) is 7.11 Å². The Morgan fingerprint density at radius 1 is 1.09 bits per heavy atom. The van der Waals surface area contributed by atoms with E-state index in [9.17, 15) is 4.79 Å². The summed E-state index contributed by atoms with van der Waals surface area (Å²) in [5, 5.41) is 0. The second-order valence-electron chi connectivity index (χ2n) is 5.31. The molecule has 0 saturated carbocycles. The molecular weight excluding hydrogens is 288 g/mol. The van der Waals surface area contributed by atoms with Crippen LogP contribution in [0.1, 0.15) is 17.3 Å². The van der Waals surface area contributed by atoms with E-state index in [1.54, 1.807) is 6.20 Å². The molecule has 0 bridgehead atoms. The molecule has 1 atom stereocenters. The first-order valence-corrected chi connectivity index (χ1v) is 7.50. The third kappa shape index (κ3) is 3.48. The number of aromatic amines is 1. The minimum atomic E-state index is -0.445. The van der Waals surface area contributed by atoms with Gasteiger partial charge in [0.2, 0.25) is 0 Å². The smallest absolute Gasteiger partial charge is 0.316 e. The van der Waals surface area contributed by atoms with Crippen molar-refractivity contribution < 1.29 is 9.53 Å². The molecule has 23 heavy (non-hydrogen) atoms. The van der Waals surface area contributed by atoms with Crippen LogP contribution in [0.25, 0.3) is 11.3 Å². The number of esters is 1. The quantitative estimate of drug-likeness (QED) is 0.733. The van der Waals surface area contributed by atoms with Gasteiger partial charge in [-0.15, -0.1) is 0 Å². The van der Waals surface area contributed by atoms with E-state index in [0.717, 1.165) is 16.8 Å². The van der Waals surface area contributed by atoms with E-state index in [2.05, 4.69) is 9.97 Å². The lowest BCUT2D eigenvalue weighted by Crippen LogP contribution is -2.18. The van der Waals surface area contributed by atoms with Crippen LogP contribution in [0.4, 0.5) is 0 Å². The number of methoxy groups -OCH3 is 1. The lowest BCUT2D eigenvalue weighted by molar-refractivity contribution is -0.142. The molecule has 0 amide bonds. The molecule has 3 aromatic rings. The first-order valence-electron chi connectivity index (χ1n) is 7.50. The molecule has 0 fully saturated rings. The number of hydrogen-bond acceptors (Lipinski definition) is 3. The number of aromatic nitrogens is 2. The first-order chi connectivity index (χ1) is 11.3. The van der Waals surface area contributed by atoms with Crippen molar-refractivity contribution in [3.8, 4) is 11.3 Å². The van der Waals surface area contributed by atoms with E-state index in [1.807, 2.05) is 60.7 Å². The van der Waals surface area contributed by atoms with Crippen LogP contribution in [0.5, 0.6) is 0 Å². The third-order valence-corrected chi connectivity index (χ3v) is 3.78. The van der Waals surface area contributed by atoms with Gasteiger partial charge in [-0.25, -0.2) is 4.98 Å². The fraction of sp³-hybridized carbons (Fsp3) is 0.158. The Morgan fingerprint density at radius 3 is 2.39 bits per heavy atom. The average Bonchev–Trinajstić information content (AvgIpc) is 3.10. The number of nitrogens with one attached hydrogen (secondary N) is 1. The van der Waals surface area contributed by atoms with Crippen molar-refractivity contribution in [1.82, 2.24) is 9.97 Å². The predicted octanol–water partition coefficient (Wildman–Crippen LogP) is 3.58. The maximum atomic E-state index is 12.2. The molecule has 0 aliphatic carbocycles. The van der Waals surface area contributed by atoms with Gasteiger partial charge in [-0.3, -0.25) is 4.79 Å². The molecule has 0 radical (unpaired) electrons. The first kappa shape index (κ1) is 15.0. The van der Waals surface area contributed by atoms with Crippen LogP contribution in [0.3, 0.4) is 0 Å². The topological polar surface area (TPSA) is 55.0 Å². The van der Waals surface area contributed by atoms with E-state index < -0.39 is 5.92 Å². The molecule has 1 unspecified atom stereocenters. The zero-order valence-electron chi connectivity index (χ0n) is 12.9. The van der Waals surface area contributed by atoms with Crippen LogP contribution in [-0.4, -0.2) is 23.0 Å². The molecular formula is C19H18N2O2. The molecule has 1 N–H and O–H groups in total. The van der Waals surface area contributed by atoms with Gasteiger partial charge in [-0.2, -0.15) is 0 Å². The summed E-state index contributed by atoms with van der Waals surface area (Å²) < 4.78 is 4.96. The zero-order valence-corrected chi connectivity index (χ0v) is 12.9. The Labute approximate surface area is 135 Å². The highest BCUT2D eigenvalue weighted by Gasteiger charge is 2.25. The predicted molar refractivity (Wildman–Crippen MR) is 88.9 cm³/mol. The van der Waals surface area contributed by atoms with Gasteiger partial charge in [0.1, 0.15) is 11.7 Å². The largest absolute Gasteiger partial charge is 0.468 e. The zero-order chi connectivity index (χ0) is 16.1. The van der Waals surface area contributed by atoms with Gasteiger partial charge in [0.25, 0.3) is 0 Å². The molecule has 4 heteroatoms. The molecule has 0 spiro atoms. The third-order valence-electron chi connectivity index (χ3n) is 3.78. The summed E-state index contributed by atoms with van der Waals surface area (Å²) in [5.41, 5.74) is 3.00. The molecule has 0 aliphatic rings. The van der Waals surface area contributed by atoms with E-state index in [4.69, 9.17) is 4.74 Å². The van der Waals surface area contributed by atoms with Gasteiger partial charge in [0, 0.05) is 0 Å². The number of carbonyl (C=O) groups excluding carboxylic acids is 1. The fourth-order valence-electron chi connectivity index (χ4n) is 2.56. The Morgan fingerprint density at radius 2 is 1.74 bits per heavy atom. The number of nitrogens with zero attached hydrogens (tertiary/aromatic N) is 1. The molecule has 3 rings (SSSR count). The van der Waals surface area contributed by atoms with Crippen LogP contribution < -0.4 is 0 Å². The molecule has 116 valence electrons. The highest BCUT2D eigenvalue weighted by atomic mass is 16.5. The number of rotatable bonds is 5. The standard InChI is InChI=1S/C19H18N2O2/c1-23-19(22)16(12-14-8-4-2-5-9-14)18-20-13-17(21-18)15-10-6-3-7-11-15/h2-11,13,16H,12H2,1H3,(H,20,21). The van der Waals surface area contributed by atoms with Gasteiger partial charge in [0.15, 0.2) is 0 Å². The van der Waals surface area contributed by atoms with Crippen molar-refractivity contribution in [1.29, 1.82) is 0 Å². The normalized spacial score (nSPS) is 11.9. The SMILES string of the molecule is COC(=O)C(Cc1ccccc1)c1ncc(-c2ccccc2)[nH]1. The Balaban J connectivity index is 1.89.